The molecule has 1 aromatic heterocycles. The molecule has 170 valence electrons. The predicted molar refractivity (Wildman–Crippen MR) is 123 cm³/mol. The van der Waals surface area contributed by atoms with Crippen molar-refractivity contribution in [3.63, 3.8) is 0 Å². The predicted octanol–water partition coefficient (Wildman–Crippen LogP) is 2.63. The number of hydrogen-bond donors (Lipinski definition) is 3. The second kappa shape index (κ2) is 11.8. The van der Waals surface area contributed by atoms with Gasteiger partial charge in [0.2, 0.25) is 0 Å². The third-order valence-corrected chi connectivity index (χ3v) is 4.50. The number of ether oxygens (including phenoxy) is 1. The number of hydrazone groups is 1. The fourth-order valence-corrected chi connectivity index (χ4v) is 2.75. The van der Waals surface area contributed by atoms with E-state index >= 15 is 0 Å². The maximum absolute atomic E-state index is 12.2. The van der Waals surface area contributed by atoms with E-state index in [2.05, 4.69) is 28.1 Å². The number of anilines is 1. The number of carbonyl (C=O) groups is 3. The molecule has 3 N–H and O–H groups in total. The van der Waals surface area contributed by atoms with Gasteiger partial charge in [-0.05, 0) is 48.4 Å². The summed E-state index contributed by atoms with van der Waals surface area (Å²) < 4.78 is 10.7. The lowest BCUT2D eigenvalue weighted by Gasteiger charge is -2.10. The molecule has 9 heteroatoms. The van der Waals surface area contributed by atoms with Gasteiger partial charge in [0.25, 0.3) is 5.91 Å². The van der Waals surface area contributed by atoms with Crippen molar-refractivity contribution in [2.24, 2.45) is 5.10 Å². The molecule has 0 aliphatic heterocycles. The Morgan fingerprint density at radius 2 is 1.79 bits per heavy atom. The smallest absolute Gasteiger partial charge is 0.329 e. The number of rotatable bonds is 9. The standard InChI is InChI=1S/C24H24N4O5/c1-2-17-9-11-19(12-10-17)27-22(29)16-33-21-8-4-3-6-18(21)14-26-28-24(31)23(30)25-15-20-7-5-13-32-20/h3-14H,2,15-16H2,1H3,(H,25,30)(H,27,29)(H,28,31)/b26-14-. The Kier molecular flexibility index (Phi) is 8.35. The summed E-state index contributed by atoms with van der Waals surface area (Å²) in [4.78, 5) is 35.9. The van der Waals surface area contributed by atoms with Crippen molar-refractivity contribution in [3.05, 3.63) is 83.8 Å². The highest BCUT2D eigenvalue weighted by Gasteiger charge is 2.13. The van der Waals surface area contributed by atoms with Gasteiger partial charge in [-0.1, -0.05) is 31.2 Å². The zero-order chi connectivity index (χ0) is 23.5. The minimum absolute atomic E-state index is 0.0878. The van der Waals surface area contributed by atoms with Crippen LogP contribution < -0.4 is 20.8 Å². The minimum Gasteiger partial charge on any atom is -0.483 e. The van der Waals surface area contributed by atoms with E-state index in [1.165, 1.54) is 18.0 Å². The van der Waals surface area contributed by atoms with Gasteiger partial charge in [0.15, 0.2) is 6.61 Å². The molecule has 0 saturated heterocycles. The van der Waals surface area contributed by atoms with Crippen LogP contribution in [0.5, 0.6) is 5.75 Å². The number of hydrogen-bond acceptors (Lipinski definition) is 6. The summed E-state index contributed by atoms with van der Waals surface area (Å²) in [5.41, 5.74) is 4.53. The van der Waals surface area contributed by atoms with Crippen LogP contribution >= 0.6 is 0 Å². The number of carbonyl (C=O) groups excluding carboxylic acids is 3. The summed E-state index contributed by atoms with van der Waals surface area (Å²) >= 11 is 0. The Bertz CT molecular complexity index is 1110. The Morgan fingerprint density at radius 1 is 1.00 bits per heavy atom. The van der Waals surface area contributed by atoms with Crippen LogP contribution in [0.4, 0.5) is 5.69 Å². The first-order valence-electron chi connectivity index (χ1n) is 10.3. The van der Waals surface area contributed by atoms with E-state index < -0.39 is 11.8 Å². The molecule has 0 aliphatic rings. The van der Waals surface area contributed by atoms with Gasteiger partial charge in [-0.3, -0.25) is 14.4 Å². The zero-order valence-electron chi connectivity index (χ0n) is 18.0. The second-order valence-corrected chi connectivity index (χ2v) is 6.89. The molecule has 1 heterocycles. The molecule has 0 aliphatic carbocycles. The van der Waals surface area contributed by atoms with Crippen LogP contribution in [0.1, 0.15) is 23.8 Å². The zero-order valence-corrected chi connectivity index (χ0v) is 18.0. The molecule has 0 saturated carbocycles. The van der Waals surface area contributed by atoms with E-state index in [0.717, 1.165) is 6.42 Å². The molecular weight excluding hydrogens is 424 g/mol. The molecule has 2 aromatic carbocycles. The van der Waals surface area contributed by atoms with Gasteiger partial charge >= 0.3 is 11.8 Å². The van der Waals surface area contributed by atoms with E-state index in [-0.39, 0.29) is 19.1 Å². The highest BCUT2D eigenvalue weighted by atomic mass is 16.5. The monoisotopic (exact) mass is 448 g/mol. The van der Waals surface area contributed by atoms with Gasteiger partial charge in [0, 0.05) is 11.3 Å². The Hall–Kier alpha value is -4.40. The van der Waals surface area contributed by atoms with Crippen LogP contribution in [-0.4, -0.2) is 30.5 Å². The van der Waals surface area contributed by atoms with E-state index in [4.69, 9.17) is 9.15 Å². The van der Waals surface area contributed by atoms with Crippen molar-refractivity contribution >= 4 is 29.6 Å². The summed E-state index contributed by atoms with van der Waals surface area (Å²) in [5.74, 6) is -1.17. The summed E-state index contributed by atoms with van der Waals surface area (Å²) in [6.45, 7) is 1.94. The molecule has 9 nitrogen and oxygen atoms in total. The number of aryl methyl sites for hydroxylation is 1. The molecular formula is C24H24N4O5. The van der Waals surface area contributed by atoms with Crippen molar-refractivity contribution in [1.29, 1.82) is 0 Å². The molecule has 3 rings (SSSR count). The first-order valence-corrected chi connectivity index (χ1v) is 10.3. The molecule has 0 spiro atoms. The Morgan fingerprint density at radius 3 is 2.52 bits per heavy atom. The fraction of sp³-hybridized carbons (Fsp3) is 0.167. The van der Waals surface area contributed by atoms with Crippen LogP contribution in [0.2, 0.25) is 0 Å². The molecule has 0 radical (unpaired) electrons. The Labute approximate surface area is 190 Å². The average molecular weight is 448 g/mol. The number of amides is 3. The summed E-state index contributed by atoms with van der Waals surface area (Å²) in [7, 11) is 0. The van der Waals surface area contributed by atoms with Crippen LogP contribution in [0.3, 0.4) is 0 Å². The molecule has 33 heavy (non-hydrogen) atoms. The number of nitrogens with zero attached hydrogens (tertiary/aromatic N) is 1. The molecule has 3 aromatic rings. The van der Waals surface area contributed by atoms with Gasteiger partial charge in [0.05, 0.1) is 19.0 Å². The first kappa shape index (κ1) is 23.3. The lowest BCUT2D eigenvalue weighted by molar-refractivity contribution is -0.139. The summed E-state index contributed by atoms with van der Waals surface area (Å²) in [6.07, 6.45) is 3.72. The van der Waals surface area contributed by atoms with Crippen molar-refractivity contribution in [2.75, 3.05) is 11.9 Å². The number of nitrogens with one attached hydrogen (secondary N) is 3. The lowest BCUT2D eigenvalue weighted by Crippen LogP contribution is -2.37. The minimum atomic E-state index is -0.926. The number of para-hydroxylation sites is 1. The third kappa shape index (κ3) is 7.35. The first-order chi connectivity index (χ1) is 16.0. The average Bonchev–Trinajstić information content (AvgIpc) is 3.36. The maximum Gasteiger partial charge on any atom is 0.329 e. The largest absolute Gasteiger partial charge is 0.483 e. The van der Waals surface area contributed by atoms with Gasteiger partial charge in [-0.25, -0.2) is 5.43 Å². The van der Waals surface area contributed by atoms with Crippen molar-refractivity contribution in [3.8, 4) is 5.75 Å². The highest BCUT2D eigenvalue weighted by molar-refractivity contribution is 6.35. The van der Waals surface area contributed by atoms with E-state index in [1.807, 2.05) is 24.3 Å². The second-order valence-electron chi connectivity index (χ2n) is 6.89. The molecule has 0 fully saturated rings. The van der Waals surface area contributed by atoms with Gasteiger partial charge < -0.3 is 19.8 Å². The van der Waals surface area contributed by atoms with E-state index in [0.29, 0.717) is 22.8 Å². The molecule has 0 atom stereocenters. The fourth-order valence-electron chi connectivity index (χ4n) is 2.75. The maximum atomic E-state index is 12.2. The molecule has 0 bridgehead atoms. The van der Waals surface area contributed by atoms with Gasteiger partial charge in [-0.15, -0.1) is 0 Å². The van der Waals surface area contributed by atoms with Gasteiger partial charge in [-0.2, -0.15) is 5.10 Å². The Balaban J connectivity index is 1.48. The topological polar surface area (TPSA) is 122 Å². The van der Waals surface area contributed by atoms with Crippen LogP contribution in [-0.2, 0) is 27.3 Å². The number of benzene rings is 2. The third-order valence-electron chi connectivity index (χ3n) is 4.50. The van der Waals surface area contributed by atoms with Crippen LogP contribution in [0.25, 0.3) is 0 Å². The van der Waals surface area contributed by atoms with Crippen LogP contribution in [0.15, 0.2) is 76.4 Å². The number of furan rings is 1. The SMILES string of the molecule is CCc1ccc(NC(=O)COc2ccccc2/C=N\NC(=O)C(=O)NCc2ccco2)cc1. The quantitative estimate of drug-likeness (QED) is 0.264. The van der Waals surface area contributed by atoms with Crippen molar-refractivity contribution in [2.45, 2.75) is 19.9 Å². The molecule has 0 unspecified atom stereocenters. The lowest BCUT2D eigenvalue weighted by atomic mass is 10.1. The molecule has 3 amide bonds. The van der Waals surface area contributed by atoms with E-state index in [1.54, 1.807) is 36.4 Å². The van der Waals surface area contributed by atoms with Crippen molar-refractivity contribution < 1.29 is 23.5 Å². The van der Waals surface area contributed by atoms with E-state index in [9.17, 15) is 14.4 Å². The van der Waals surface area contributed by atoms with Crippen LogP contribution in [0, 0.1) is 0 Å². The summed E-state index contributed by atoms with van der Waals surface area (Å²) in [6, 6.07) is 17.8. The summed E-state index contributed by atoms with van der Waals surface area (Å²) in [5, 5.41) is 8.98. The van der Waals surface area contributed by atoms with Gasteiger partial charge in [0.1, 0.15) is 11.5 Å². The highest BCUT2D eigenvalue weighted by Crippen LogP contribution is 2.16. The normalized spacial score (nSPS) is 10.6. The van der Waals surface area contributed by atoms with Crippen molar-refractivity contribution in [1.82, 2.24) is 10.7 Å².